The average Bonchev–Trinajstić information content (AvgIpc) is 2.55. The molecule has 5 nitrogen and oxygen atoms in total. The molecule has 1 saturated carbocycles. The zero-order valence-corrected chi connectivity index (χ0v) is 14.0. The van der Waals surface area contributed by atoms with Crippen molar-refractivity contribution >= 4 is 17.6 Å². The van der Waals surface area contributed by atoms with Crippen LogP contribution in [0.25, 0.3) is 0 Å². The summed E-state index contributed by atoms with van der Waals surface area (Å²) in [4.78, 5) is 24.2. The first-order chi connectivity index (χ1) is 11.1. The smallest absolute Gasteiger partial charge is 0.319 e. The molecule has 3 amide bonds. The normalized spacial score (nSPS) is 16.4. The van der Waals surface area contributed by atoms with Gasteiger partial charge in [-0.05, 0) is 44.4 Å². The van der Waals surface area contributed by atoms with Gasteiger partial charge in [0.1, 0.15) is 0 Å². The first kappa shape index (κ1) is 17.3. The summed E-state index contributed by atoms with van der Waals surface area (Å²) in [5, 5.41) is 8.75. The Morgan fingerprint density at radius 3 is 2.65 bits per heavy atom. The van der Waals surface area contributed by atoms with Gasteiger partial charge in [-0.3, -0.25) is 4.79 Å². The third kappa shape index (κ3) is 5.58. The van der Waals surface area contributed by atoms with Crippen molar-refractivity contribution < 1.29 is 9.59 Å². The van der Waals surface area contributed by atoms with Crippen LogP contribution in [0.3, 0.4) is 0 Å². The molecule has 1 atom stereocenters. The van der Waals surface area contributed by atoms with Gasteiger partial charge < -0.3 is 16.0 Å². The van der Waals surface area contributed by atoms with Crippen LogP contribution in [0.2, 0.25) is 0 Å². The van der Waals surface area contributed by atoms with E-state index in [1.807, 2.05) is 13.8 Å². The molecule has 0 bridgehead atoms. The van der Waals surface area contributed by atoms with Crippen molar-refractivity contribution in [3.8, 4) is 0 Å². The number of hydrogen-bond donors (Lipinski definition) is 3. The van der Waals surface area contributed by atoms with E-state index in [0.717, 1.165) is 19.3 Å². The molecule has 1 aromatic rings. The van der Waals surface area contributed by atoms with Gasteiger partial charge in [-0.25, -0.2) is 4.79 Å². The molecule has 1 aliphatic carbocycles. The highest BCUT2D eigenvalue weighted by Gasteiger charge is 2.16. The molecule has 1 fully saturated rings. The summed E-state index contributed by atoms with van der Waals surface area (Å²) >= 11 is 0. The van der Waals surface area contributed by atoms with Crippen LogP contribution in [-0.2, 0) is 0 Å². The van der Waals surface area contributed by atoms with Gasteiger partial charge in [-0.15, -0.1) is 0 Å². The molecular weight excluding hydrogens is 290 g/mol. The highest BCUT2D eigenvalue weighted by Crippen LogP contribution is 2.17. The molecule has 0 heterocycles. The predicted octanol–water partition coefficient (Wildman–Crippen LogP) is 3.67. The van der Waals surface area contributed by atoms with Gasteiger partial charge in [-0.2, -0.15) is 0 Å². The molecule has 1 aromatic carbocycles. The molecule has 0 aliphatic heterocycles. The maximum Gasteiger partial charge on any atom is 0.319 e. The Balaban J connectivity index is 1.91. The van der Waals surface area contributed by atoms with E-state index in [1.165, 1.54) is 19.3 Å². The van der Waals surface area contributed by atoms with Crippen LogP contribution >= 0.6 is 0 Å². The number of hydrogen-bond acceptors (Lipinski definition) is 2. The summed E-state index contributed by atoms with van der Waals surface area (Å²) in [5.74, 6) is -0.115. The van der Waals surface area contributed by atoms with Crippen molar-refractivity contribution in [2.75, 3.05) is 5.32 Å². The Bertz CT molecular complexity index is 539. The Morgan fingerprint density at radius 1 is 1.22 bits per heavy atom. The van der Waals surface area contributed by atoms with Crippen LogP contribution in [0.15, 0.2) is 24.3 Å². The van der Waals surface area contributed by atoms with Crippen LogP contribution in [0.4, 0.5) is 10.5 Å². The van der Waals surface area contributed by atoms with E-state index in [9.17, 15) is 9.59 Å². The molecule has 5 heteroatoms. The van der Waals surface area contributed by atoms with Crippen LogP contribution in [-0.4, -0.2) is 24.0 Å². The lowest BCUT2D eigenvalue weighted by Crippen LogP contribution is -2.39. The van der Waals surface area contributed by atoms with Crippen LogP contribution in [0.5, 0.6) is 0 Å². The maximum atomic E-state index is 12.1. The first-order valence-electron chi connectivity index (χ1n) is 8.57. The lowest BCUT2D eigenvalue weighted by atomic mass is 9.96. The molecule has 0 saturated heterocycles. The van der Waals surface area contributed by atoms with Crippen LogP contribution in [0.1, 0.15) is 62.7 Å². The van der Waals surface area contributed by atoms with Crippen molar-refractivity contribution in [2.24, 2.45) is 0 Å². The van der Waals surface area contributed by atoms with E-state index in [0.29, 0.717) is 11.3 Å². The fourth-order valence-electron chi connectivity index (χ4n) is 2.75. The number of nitrogens with one attached hydrogen (secondary N) is 3. The number of anilines is 1. The Labute approximate surface area is 138 Å². The van der Waals surface area contributed by atoms with Gasteiger partial charge in [-0.1, -0.05) is 32.3 Å². The fraction of sp³-hybridized carbons (Fsp3) is 0.556. The van der Waals surface area contributed by atoms with Crippen molar-refractivity contribution in [3.63, 3.8) is 0 Å². The molecule has 23 heavy (non-hydrogen) atoms. The summed E-state index contributed by atoms with van der Waals surface area (Å²) in [6.07, 6.45) is 6.59. The summed E-state index contributed by atoms with van der Waals surface area (Å²) in [6.45, 7) is 4.00. The molecule has 3 N–H and O–H groups in total. The third-order valence-corrected chi connectivity index (χ3v) is 4.31. The van der Waals surface area contributed by atoms with Gasteiger partial charge >= 0.3 is 6.03 Å². The van der Waals surface area contributed by atoms with Crippen molar-refractivity contribution in [1.29, 1.82) is 0 Å². The van der Waals surface area contributed by atoms with E-state index in [-0.39, 0.29) is 24.0 Å². The standard InChI is InChI=1S/C18H27N3O2/c1-3-13(2)19-17(22)14-8-7-11-16(12-14)21-18(23)20-15-9-5-4-6-10-15/h7-8,11-13,15H,3-6,9-10H2,1-2H3,(H,19,22)(H2,20,21,23)/t13-/m0/s1. The topological polar surface area (TPSA) is 70.2 Å². The zero-order valence-electron chi connectivity index (χ0n) is 14.0. The molecule has 2 rings (SSSR count). The van der Waals surface area contributed by atoms with E-state index in [1.54, 1.807) is 24.3 Å². The van der Waals surface area contributed by atoms with Crippen LogP contribution < -0.4 is 16.0 Å². The van der Waals surface area contributed by atoms with Gasteiger partial charge in [0, 0.05) is 23.3 Å². The maximum absolute atomic E-state index is 12.1. The van der Waals surface area contributed by atoms with E-state index >= 15 is 0 Å². The Kier molecular flexibility index (Phi) is 6.44. The zero-order chi connectivity index (χ0) is 16.7. The third-order valence-electron chi connectivity index (χ3n) is 4.31. The Morgan fingerprint density at radius 2 is 1.96 bits per heavy atom. The number of rotatable bonds is 5. The molecule has 1 aliphatic rings. The van der Waals surface area contributed by atoms with Crippen LogP contribution in [0, 0.1) is 0 Å². The first-order valence-corrected chi connectivity index (χ1v) is 8.57. The minimum Gasteiger partial charge on any atom is -0.350 e. The number of urea groups is 1. The summed E-state index contributed by atoms with van der Waals surface area (Å²) in [5.41, 5.74) is 1.19. The molecule has 126 valence electrons. The highest BCUT2D eigenvalue weighted by atomic mass is 16.2. The molecule has 0 aromatic heterocycles. The van der Waals surface area contributed by atoms with Gasteiger partial charge in [0.25, 0.3) is 5.91 Å². The second-order valence-corrected chi connectivity index (χ2v) is 6.30. The second kappa shape index (κ2) is 8.56. The van der Waals surface area contributed by atoms with Gasteiger partial charge in [0.05, 0.1) is 0 Å². The fourth-order valence-corrected chi connectivity index (χ4v) is 2.75. The number of amides is 3. The molecular formula is C18H27N3O2. The lowest BCUT2D eigenvalue weighted by Gasteiger charge is -2.22. The average molecular weight is 317 g/mol. The predicted molar refractivity (Wildman–Crippen MR) is 92.7 cm³/mol. The van der Waals surface area contributed by atoms with E-state index in [2.05, 4.69) is 16.0 Å². The van der Waals surface area contributed by atoms with Gasteiger partial charge in [0.15, 0.2) is 0 Å². The van der Waals surface area contributed by atoms with Crippen molar-refractivity contribution in [1.82, 2.24) is 10.6 Å². The minimum atomic E-state index is -0.198. The highest BCUT2D eigenvalue weighted by molar-refractivity contribution is 5.97. The number of carbonyl (C=O) groups excluding carboxylic acids is 2. The minimum absolute atomic E-state index is 0.115. The van der Waals surface area contributed by atoms with Gasteiger partial charge in [0.2, 0.25) is 0 Å². The summed E-state index contributed by atoms with van der Waals surface area (Å²) < 4.78 is 0. The molecule has 0 spiro atoms. The largest absolute Gasteiger partial charge is 0.350 e. The number of benzene rings is 1. The number of carbonyl (C=O) groups is 2. The summed E-state index contributed by atoms with van der Waals surface area (Å²) in [6, 6.07) is 7.23. The van der Waals surface area contributed by atoms with E-state index in [4.69, 9.17) is 0 Å². The molecule has 0 unspecified atom stereocenters. The Hall–Kier alpha value is -2.04. The van der Waals surface area contributed by atoms with Crippen molar-refractivity contribution in [2.45, 2.75) is 64.5 Å². The molecule has 0 radical (unpaired) electrons. The van der Waals surface area contributed by atoms with E-state index < -0.39 is 0 Å². The monoisotopic (exact) mass is 317 g/mol. The summed E-state index contributed by atoms with van der Waals surface area (Å²) in [7, 11) is 0. The van der Waals surface area contributed by atoms with Crippen molar-refractivity contribution in [3.05, 3.63) is 29.8 Å². The second-order valence-electron chi connectivity index (χ2n) is 6.30. The SMILES string of the molecule is CC[C@H](C)NC(=O)c1cccc(NC(=O)NC2CCCCC2)c1. The lowest BCUT2D eigenvalue weighted by molar-refractivity contribution is 0.0939. The quantitative estimate of drug-likeness (QED) is 0.775.